The van der Waals surface area contributed by atoms with Gasteiger partial charge in [0.15, 0.2) is 5.82 Å². The molecule has 0 atom stereocenters. The third-order valence-corrected chi connectivity index (χ3v) is 3.21. The van der Waals surface area contributed by atoms with E-state index in [2.05, 4.69) is 20.2 Å². The Labute approximate surface area is 119 Å². The van der Waals surface area contributed by atoms with E-state index in [1.165, 1.54) is 11.8 Å². The predicted molar refractivity (Wildman–Crippen MR) is 75.0 cm³/mol. The van der Waals surface area contributed by atoms with Crippen LogP contribution in [-0.2, 0) is 0 Å². The van der Waals surface area contributed by atoms with Gasteiger partial charge in [-0.1, -0.05) is 30.3 Å². The number of hydrogen-bond acceptors (Lipinski definition) is 7. The van der Waals surface area contributed by atoms with Gasteiger partial charge in [-0.3, -0.25) is 0 Å². The van der Waals surface area contributed by atoms with Crippen molar-refractivity contribution in [1.82, 2.24) is 20.2 Å². The van der Waals surface area contributed by atoms with Crippen molar-refractivity contribution in [3.63, 3.8) is 0 Å². The topological polar surface area (TPSA) is 90.7 Å². The Balaban J connectivity index is 1.94. The first-order valence-electron chi connectivity index (χ1n) is 5.88. The molecule has 0 bridgehead atoms. The minimum absolute atomic E-state index is 0.401. The molecule has 0 fully saturated rings. The van der Waals surface area contributed by atoms with Gasteiger partial charge in [-0.2, -0.15) is 0 Å². The average Bonchev–Trinajstić information content (AvgIpc) is 2.84. The van der Waals surface area contributed by atoms with Gasteiger partial charge >= 0.3 is 0 Å². The summed E-state index contributed by atoms with van der Waals surface area (Å²) in [6.45, 7) is 1.74. The van der Waals surface area contributed by atoms with Crippen LogP contribution in [-0.4, -0.2) is 20.2 Å². The summed E-state index contributed by atoms with van der Waals surface area (Å²) in [5, 5.41) is 8.79. The smallest absolute Gasteiger partial charge is 0.282 e. The van der Waals surface area contributed by atoms with E-state index in [4.69, 9.17) is 10.2 Å². The molecule has 3 rings (SSSR count). The SMILES string of the molecule is Cc1nnc(Sc2cc(N)nc(-c3ccccc3)n2)o1. The Bertz CT molecular complexity index is 729. The molecule has 0 aliphatic rings. The van der Waals surface area contributed by atoms with Gasteiger partial charge in [0.25, 0.3) is 5.22 Å². The molecule has 0 aliphatic carbocycles. The number of nitrogen functional groups attached to an aromatic ring is 1. The second-order valence-electron chi connectivity index (χ2n) is 4.01. The van der Waals surface area contributed by atoms with E-state index >= 15 is 0 Å². The molecule has 2 heterocycles. The normalized spacial score (nSPS) is 10.7. The third-order valence-electron chi connectivity index (χ3n) is 2.45. The number of aromatic nitrogens is 4. The zero-order chi connectivity index (χ0) is 13.9. The van der Waals surface area contributed by atoms with Crippen LogP contribution < -0.4 is 5.73 Å². The molecule has 2 N–H and O–H groups in total. The Kier molecular flexibility index (Phi) is 3.34. The van der Waals surface area contributed by atoms with Crippen LogP contribution in [0.3, 0.4) is 0 Å². The number of hydrogen-bond donors (Lipinski definition) is 1. The van der Waals surface area contributed by atoms with Crippen LogP contribution in [0.15, 0.2) is 51.1 Å². The molecule has 20 heavy (non-hydrogen) atoms. The van der Waals surface area contributed by atoms with Gasteiger partial charge in [-0.25, -0.2) is 9.97 Å². The van der Waals surface area contributed by atoms with Crippen LogP contribution in [0.4, 0.5) is 5.82 Å². The van der Waals surface area contributed by atoms with E-state index in [1.807, 2.05) is 30.3 Å². The molecule has 7 heteroatoms. The highest BCUT2D eigenvalue weighted by molar-refractivity contribution is 7.99. The van der Waals surface area contributed by atoms with Crippen molar-refractivity contribution in [3.05, 3.63) is 42.3 Å². The quantitative estimate of drug-likeness (QED) is 0.739. The summed E-state index contributed by atoms with van der Waals surface area (Å²) in [5.41, 5.74) is 6.73. The largest absolute Gasteiger partial charge is 0.416 e. The summed E-state index contributed by atoms with van der Waals surface area (Å²) in [7, 11) is 0. The Morgan fingerprint density at radius 2 is 1.90 bits per heavy atom. The molecule has 2 aromatic heterocycles. The van der Waals surface area contributed by atoms with Gasteiger partial charge < -0.3 is 10.2 Å². The summed E-state index contributed by atoms with van der Waals surface area (Å²) in [4.78, 5) is 8.69. The molecular weight excluding hydrogens is 274 g/mol. The van der Waals surface area contributed by atoms with Gasteiger partial charge in [-0.15, -0.1) is 10.2 Å². The summed E-state index contributed by atoms with van der Waals surface area (Å²) in [5.74, 6) is 1.49. The second kappa shape index (κ2) is 5.30. The Morgan fingerprint density at radius 3 is 2.60 bits per heavy atom. The summed E-state index contributed by atoms with van der Waals surface area (Å²) in [6.07, 6.45) is 0. The summed E-state index contributed by atoms with van der Waals surface area (Å²) < 4.78 is 5.31. The first-order chi connectivity index (χ1) is 9.70. The van der Waals surface area contributed by atoms with Gasteiger partial charge in [0.1, 0.15) is 10.8 Å². The van der Waals surface area contributed by atoms with E-state index in [9.17, 15) is 0 Å². The number of aryl methyl sites for hydroxylation is 1. The molecule has 0 spiro atoms. The van der Waals surface area contributed by atoms with Gasteiger partial charge in [-0.05, 0) is 11.8 Å². The number of rotatable bonds is 3. The molecule has 0 radical (unpaired) electrons. The zero-order valence-corrected chi connectivity index (χ0v) is 11.5. The number of anilines is 1. The Morgan fingerprint density at radius 1 is 1.10 bits per heavy atom. The maximum Gasteiger partial charge on any atom is 0.282 e. The summed E-state index contributed by atoms with van der Waals surface area (Å²) >= 11 is 1.26. The second-order valence-corrected chi connectivity index (χ2v) is 4.98. The lowest BCUT2D eigenvalue weighted by Crippen LogP contribution is -1.97. The van der Waals surface area contributed by atoms with Crippen molar-refractivity contribution >= 4 is 17.6 Å². The van der Waals surface area contributed by atoms with Crippen LogP contribution in [0, 0.1) is 6.92 Å². The minimum atomic E-state index is 0.401. The van der Waals surface area contributed by atoms with E-state index in [-0.39, 0.29) is 0 Å². The van der Waals surface area contributed by atoms with Crippen LogP contribution in [0.25, 0.3) is 11.4 Å². The van der Waals surface area contributed by atoms with E-state index < -0.39 is 0 Å². The maximum absolute atomic E-state index is 5.82. The number of nitrogens with two attached hydrogens (primary N) is 1. The van der Waals surface area contributed by atoms with Crippen molar-refractivity contribution in [1.29, 1.82) is 0 Å². The highest BCUT2D eigenvalue weighted by Crippen LogP contribution is 2.27. The van der Waals surface area contributed by atoms with Crippen molar-refractivity contribution in [2.24, 2.45) is 0 Å². The van der Waals surface area contributed by atoms with Crippen molar-refractivity contribution in [2.75, 3.05) is 5.73 Å². The molecule has 100 valence electrons. The molecule has 0 aliphatic heterocycles. The lowest BCUT2D eigenvalue weighted by atomic mass is 10.2. The fourth-order valence-corrected chi connectivity index (χ4v) is 2.36. The van der Waals surface area contributed by atoms with E-state index in [0.717, 1.165) is 5.56 Å². The summed E-state index contributed by atoms with van der Waals surface area (Å²) in [6, 6.07) is 11.3. The van der Waals surface area contributed by atoms with E-state index in [1.54, 1.807) is 13.0 Å². The number of nitrogens with zero attached hydrogens (tertiary/aromatic N) is 4. The third kappa shape index (κ3) is 2.77. The highest BCUT2D eigenvalue weighted by Gasteiger charge is 2.10. The Hall–Kier alpha value is -2.41. The minimum Gasteiger partial charge on any atom is -0.416 e. The van der Waals surface area contributed by atoms with Crippen molar-refractivity contribution in [3.8, 4) is 11.4 Å². The van der Waals surface area contributed by atoms with Gasteiger partial charge in [0, 0.05) is 18.6 Å². The first kappa shape index (κ1) is 12.6. The molecule has 0 unspecified atom stereocenters. The molecule has 0 amide bonds. The monoisotopic (exact) mass is 285 g/mol. The van der Waals surface area contributed by atoms with Gasteiger partial charge in [0.05, 0.1) is 0 Å². The molecule has 0 saturated carbocycles. The maximum atomic E-state index is 5.82. The lowest BCUT2D eigenvalue weighted by Gasteiger charge is -2.03. The van der Waals surface area contributed by atoms with Crippen LogP contribution in [0.5, 0.6) is 0 Å². The standard InChI is InChI=1S/C13H11N5OS/c1-8-17-18-13(19-8)20-11-7-10(14)15-12(16-11)9-5-3-2-4-6-9/h2-7H,1H3,(H2,14,15,16). The fourth-order valence-electron chi connectivity index (χ4n) is 1.62. The van der Waals surface area contributed by atoms with Crippen LogP contribution in [0.1, 0.15) is 5.89 Å². The highest BCUT2D eigenvalue weighted by atomic mass is 32.2. The van der Waals surface area contributed by atoms with Crippen LogP contribution >= 0.6 is 11.8 Å². The molecule has 6 nitrogen and oxygen atoms in total. The van der Waals surface area contributed by atoms with Crippen LogP contribution in [0.2, 0.25) is 0 Å². The van der Waals surface area contributed by atoms with Crippen molar-refractivity contribution < 1.29 is 4.42 Å². The first-order valence-corrected chi connectivity index (χ1v) is 6.70. The van der Waals surface area contributed by atoms with E-state index in [0.29, 0.717) is 27.8 Å². The zero-order valence-electron chi connectivity index (χ0n) is 10.6. The lowest BCUT2D eigenvalue weighted by molar-refractivity contribution is 0.429. The van der Waals surface area contributed by atoms with Crippen molar-refractivity contribution in [2.45, 2.75) is 17.2 Å². The van der Waals surface area contributed by atoms with Gasteiger partial charge in [0.2, 0.25) is 5.89 Å². The fraction of sp³-hybridized carbons (Fsp3) is 0.0769. The number of benzene rings is 1. The molecule has 0 saturated heterocycles. The average molecular weight is 285 g/mol. The molecule has 1 aromatic carbocycles. The molecule has 3 aromatic rings. The molecular formula is C13H11N5OS. The predicted octanol–water partition coefficient (Wildman–Crippen LogP) is 2.57.